The molecule has 4 rings (SSSR count). The van der Waals surface area contributed by atoms with E-state index in [1.807, 2.05) is 0 Å². The van der Waals surface area contributed by atoms with Crippen LogP contribution in [0.1, 0.15) is 115 Å². The number of hydrogen-bond acceptors (Lipinski definition) is 21. The van der Waals surface area contributed by atoms with Crippen LogP contribution in [0.15, 0.2) is 6.20 Å². The van der Waals surface area contributed by atoms with Crippen LogP contribution in [0.4, 0.5) is 0 Å². The van der Waals surface area contributed by atoms with Crippen molar-refractivity contribution in [1.29, 1.82) is 0 Å². The number of amides is 3. The molecule has 0 radical (unpaired) electrons. The summed E-state index contributed by atoms with van der Waals surface area (Å²) in [4.78, 5) is 49.6. The number of carboxylic acids is 1. The molecule has 3 aliphatic rings. The van der Waals surface area contributed by atoms with Crippen LogP contribution in [0.3, 0.4) is 0 Å². The van der Waals surface area contributed by atoms with Gasteiger partial charge in [0.1, 0.15) is 67.1 Å². The Morgan fingerprint density at radius 1 is 0.814 bits per heavy atom. The number of ether oxygens (including phenoxy) is 6. The van der Waals surface area contributed by atoms with Gasteiger partial charge in [-0.2, -0.15) is 0 Å². The molecule has 70 heavy (non-hydrogen) atoms. The third-order valence-electron chi connectivity index (χ3n) is 12.5. The molecule has 26 heteroatoms. The zero-order valence-corrected chi connectivity index (χ0v) is 40.1. The van der Waals surface area contributed by atoms with Crippen molar-refractivity contribution < 1.29 is 98.7 Å². The fourth-order valence-electron chi connectivity index (χ4n) is 8.61. The number of aliphatic hydroxyl groups is 9. The lowest BCUT2D eigenvalue weighted by Crippen LogP contribution is -2.69. The normalized spacial score (nSPS) is 32.2. The lowest BCUT2D eigenvalue weighted by atomic mass is 9.88. The smallest absolute Gasteiger partial charge is 0.364 e. The number of rotatable bonds is 30. The Balaban J connectivity index is 1.32. The average molecular weight is 1010 g/mol. The van der Waals surface area contributed by atoms with Crippen molar-refractivity contribution in [2.24, 2.45) is 0 Å². The van der Waals surface area contributed by atoms with Crippen molar-refractivity contribution in [3.63, 3.8) is 0 Å². The first-order chi connectivity index (χ1) is 33.4. The second-order valence-corrected chi connectivity index (χ2v) is 18.1. The monoisotopic (exact) mass is 1010 g/mol. The highest BCUT2D eigenvalue weighted by Crippen LogP contribution is 2.36. The minimum Gasteiger partial charge on any atom is -0.477 e. The Bertz CT molecular complexity index is 1750. The van der Waals surface area contributed by atoms with E-state index in [1.54, 1.807) is 0 Å². The number of carbonyl (C=O) groups excluding carboxylic acids is 3. The molecule has 3 amide bonds. The van der Waals surface area contributed by atoms with Gasteiger partial charge in [0.25, 0.3) is 11.7 Å². The van der Waals surface area contributed by atoms with Crippen molar-refractivity contribution >= 4 is 23.7 Å². The number of nitrogens with zero attached hydrogens (tertiary/aromatic N) is 3. The molecule has 3 fully saturated rings. The van der Waals surface area contributed by atoms with Crippen LogP contribution in [0, 0.1) is 0 Å². The summed E-state index contributed by atoms with van der Waals surface area (Å²) >= 11 is 0. The highest BCUT2D eigenvalue weighted by molar-refractivity contribution is 5.91. The van der Waals surface area contributed by atoms with E-state index < -0.39 is 148 Å². The number of unbranched alkanes of at least 4 members (excludes halogenated alkanes) is 11. The summed E-state index contributed by atoms with van der Waals surface area (Å²) in [5.41, 5.74) is 0.0844. The lowest BCUT2D eigenvalue weighted by Gasteiger charge is -2.48. The molecule has 0 saturated carbocycles. The van der Waals surface area contributed by atoms with Gasteiger partial charge < -0.3 is 95.4 Å². The van der Waals surface area contributed by atoms with Gasteiger partial charge in [-0.25, -0.2) is 9.48 Å². The van der Waals surface area contributed by atoms with Crippen molar-refractivity contribution in [3.05, 3.63) is 11.9 Å². The van der Waals surface area contributed by atoms with E-state index >= 15 is 0 Å². The van der Waals surface area contributed by atoms with Gasteiger partial charge in [0, 0.05) is 26.8 Å². The number of carboxylic acid groups (broad SMARTS) is 1. The third-order valence-corrected chi connectivity index (χ3v) is 12.5. The largest absolute Gasteiger partial charge is 0.477 e. The molecule has 3 aliphatic heterocycles. The predicted molar refractivity (Wildman–Crippen MR) is 239 cm³/mol. The van der Waals surface area contributed by atoms with E-state index in [0.717, 1.165) is 33.1 Å². The molecule has 1 aromatic heterocycles. The summed E-state index contributed by atoms with van der Waals surface area (Å²) in [6, 6.07) is -2.90. The summed E-state index contributed by atoms with van der Waals surface area (Å²) in [6.45, 7) is 1.92. The van der Waals surface area contributed by atoms with Crippen molar-refractivity contribution in [2.45, 2.75) is 208 Å². The van der Waals surface area contributed by atoms with E-state index in [0.29, 0.717) is 6.54 Å². The highest BCUT2D eigenvalue weighted by atomic mass is 16.8. The number of hydrogen-bond donors (Lipinski definition) is 13. The Morgan fingerprint density at radius 2 is 1.41 bits per heavy atom. The Morgan fingerprint density at radius 3 is 2.00 bits per heavy atom. The van der Waals surface area contributed by atoms with Gasteiger partial charge in [-0.05, 0) is 6.42 Å². The van der Waals surface area contributed by atoms with Crippen LogP contribution < -0.4 is 16.0 Å². The molecule has 0 aromatic carbocycles. The zero-order valence-electron chi connectivity index (χ0n) is 40.1. The maximum atomic E-state index is 12.7. The second-order valence-electron chi connectivity index (χ2n) is 18.1. The topological polar surface area (TPSA) is 393 Å². The Kier molecular flexibility index (Phi) is 24.6. The van der Waals surface area contributed by atoms with E-state index in [9.17, 15) is 70.2 Å². The SMILES string of the molecule is CCCCCCCCCCCCCCNC(=O)c1cn(CCO[C@@H]2O[C@H](CO)[C@@H](O[C@@H]3O[C@H](CO[C@]4(C(=O)O)C[C@H](O)[C@@H](NC(C)=O)[C@H]([C@H](O)[C@H](O)CO)O4)[C@H](O)[C@H](O)[C@H]3O)[C@H](O)[C@H]2NC(C)=O)nn1. The van der Waals surface area contributed by atoms with E-state index in [2.05, 4.69) is 33.2 Å². The minimum absolute atomic E-state index is 0.0339. The minimum atomic E-state index is -2.87. The molecule has 0 unspecified atom stereocenters. The first-order valence-electron chi connectivity index (χ1n) is 24.2. The van der Waals surface area contributed by atoms with Crippen molar-refractivity contribution in [1.82, 2.24) is 30.9 Å². The second kappa shape index (κ2) is 29.2. The molecule has 1 aromatic rings. The molecular formula is C44H76N6O20. The number of aliphatic carboxylic acids is 1. The van der Waals surface area contributed by atoms with Gasteiger partial charge in [-0.3, -0.25) is 14.4 Å². The van der Waals surface area contributed by atoms with Crippen LogP contribution in [-0.4, -0.2) is 220 Å². The van der Waals surface area contributed by atoms with Crippen LogP contribution >= 0.6 is 0 Å². The van der Waals surface area contributed by atoms with Crippen molar-refractivity contribution in [2.75, 3.05) is 33.0 Å². The average Bonchev–Trinajstić information content (AvgIpc) is 3.81. The number of nitrogens with one attached hydrogen (secondary N) is 3. The maximum absolute atomic E-state index is 12.7. The number of aliphatic hydroxyl groups excluding tert-OH is 9. The van der Waals surface area contributed by atoms with Gasteiger partial charge in [0.2, 0.25) is 11.8 Å². The molecule has 0 bridgehead atoms. The molecule has 3 saturated heterocycles. The van der Waals surface area contributed by atoms with Gasteiger partial charge in [-0.15, -0.1) is 5.10 Å². The van der Waals surface area contributed by atoms with Gasteiger partial charge in [0.05, 0.1) is 51.3 Å². The van der Waals surface area contributed by atoms with Crippen LogP contribution in [0.25, 0.3) is 0 Å². The third kappa shape index (κ3) is 16.7. The van der Waals surface area contributed by atoms with Crippen LogP contribution in [-0.2, 0) is 49.3 Å². The molecular weight excluding hydrogens is 933 g/mol. The molecule has 4 heterocycles. The fourth-order valence-corrected chi connectivity index (χ4v) is 8.61. The standard InChI is InChI=1S/C44H76N6O20/c1-4-5-6-7-8-9-10-11-12-13-14-15-16-45-40(62)26-20-50(49-48-26)17-18-65-41-32(47-25(3)54)35(59)38(29(22-52)67-41)69-42-37(61)36(60)34(58)30(68-42)23-66-44(43(63)64)19-27(55)31(46-24(2)53)39(70-44)33(57)28(56)21-51/h20,27-39,41-42,51-52,55-61H,4-19,21-23H2,1-3H3,(H,45,62)(H,46,53)(H,47,54)(H,63,64)/t27-,28+,29+,30+,31+,32+,33+,34-,35+,36-,37+,38+,39+,41+,42-,44+/m0/s1. The van der Waals surface area contributed by atoms with Crippen LogP contribution in [0.5, 0.6) is 0 Å². The van der Waals surface area contributed by atoms with Gasteiger partial charge in [-0.1, -0.05) is 82.8 Å². The highest BCUT2D eigenvalue weighted by Gasteiger charge is 2.57. The first-order valence-corrected chi connectivity index (χ1v) is 24.2. The Hall–Kier alpha value is -3.58. The van der Waals surface area contributed by atoms with Gasteiger partial charge in [0.15, 0.2) is 18.3 Å². The summed E-state index contributed by atoms with van der Waals surface area (Å²) in [5.74, 6) is -6.52. The van der Waals surface area contributed by atoms with Crippen LogP contribution in [0.2, 0.25) is 0 Å². The lowest BCUT2D eigenvalue weighted by molar-refractivity contribution is -0.360. The zero-order chi connectivity index (χ0) is 51.5. The number of aromatic nitrogens is 3. The summed E-state index contributed by atoms with van der Waals surface area (Å²) < 4.78 is 35.8. The summed E-state index contributed by atoms with van der Waals surface area (Å²) in [7, 11) is 0. The maximum Gasteiger partial charge on any atom is 0.364 e. The van der Waals surface area contributed by atoms with E-state index in [1.165, 1.54) is 68.7 Å². The quantitative estimate of drug-likeness (QED) is 0.0335. The van der Waals surface area contributed by atoms with E-state index in [4.69, 9.17) is 28.4 Å². The van der Waals surface area contributed by atoms with Gasteiger partial charge >= 0.3 is 5.97 Å². The summed E-state index contributed by atoms with van der Waals surface area (Å²) in [5, 5.41) is 122. The molecule has 0 aliphatic carbocycles. The molecule has 0 spiro atoms. The molecule has 26 nitrogen and oxygen atoms in total. The van der Waals surface area contributed by atoms with Crippen molar-refractivity contribution in [3.8, 4) is 0 Å². The fraction of sp³-hybridized carbons (Fsp3) is 0.864. The molecule has 402 valence electrons. The predicted octanol–water partition coefficient (Wildman–Crippen LogP) is -3.33. The molecule has 16 atom stereocenters. The molecule has 13 N–H and O–H groups in total. The van der Waals surface area contributed by atoms with E-state index in [-0.39, 0.29) is 18.8 Å². The summed E-state index contributed by atoms with van der Waals surface area (Å²) in [6.07, 6.45) is -9.01. The Labute approximate surface area is 405 Å². The number of carbonyl (C=O) groups is 4. The first kappa shape index (κ1) is 59.0.